The van der Waals surface area contributed by atoms with Gasteiger partial charge in [-0.15, -0.1) is 0 Å². The molecule has 0 bridgehead atoms. The number of rotatable bonds is 4. The van der Waals surface area contributed by atoms with Crippen molar-refractivity contribution in [2.75, 3.05) is 13.6 Å². The zero-order valence-corrected chi connectivity index (χ0v) is 11.7. The van der Waals surface area contributed by atoms with Gasteiger partial charge in [-0.05, 0) is 23.0 Å². The van der Waals surface area contributed by atoms with Gasteiger partial charge in [0.2, 0.25) is 0 Å². The number of halogens is 1. The number of hydrogen-bond donors (Lipinski definition) is 1. The first kappa shape index (κ1) is 12.3. The highest BCUT2D eigenvalue weighted by molar-refractivity contribution is 9.10. The Labute approximate surface area is 110 Å². The second-order valence-electron chi connectivity index (χ2n) is 3.95. The molecule has 0 fully saturated rings. The van der Waals surface area contributed by atoms with Gasteiger partial charge in [-0.2, -0.15) is 5.10 Å². The lowest BCUT2D eigenvalue weighted by Crippen LogP contribution is -2.12. The van der Waals surface area contributed by atoms with E-state index in [0.717, 1.165) is 28.7 Å². The molecule has 0 saturated heterocycles. The Morgan fingerprint density at radius 1 is 1.29 bits per heavy atom. The zero-order chi connectivity index (χ0) is 12.3. The summed E-state index contributed by atoms with van der Waals surface area (Å²) in [5.74, 6) is 0. The van der Waals surface area contributed by atoms with Crippen molar-refractivity contribution in [2.45, 2.75) is 6.42 Å². The number of aryl methyl sites for hydroxylation is 1. The predicted molar refractivity (Wildman–Crippen MR) is 74.0 cm³/mol. The van der Waals surface area contributed by atoms with Crippen LogP contribution in [0.5, 0.6) is 0 Å². The summed E-state index contributed by atoms with van der Waals surface area (Å²) in [4.78, 5) is 0. The van der Waals surface area contributed by atoms with E-state index in [9.17, 15) is 0 Å². The summed E-state index contributed by atoms with van der Waals surface area (Å²) in [6.45, 7) is 0.951. The summed E-state index contributed by atoms with van der Waals surface area (Å²) >= 11 is 3.66. The van der Waals surface area contributed by atoms with Crippen molar-refractivity contribution in [2.24, 2.45) is 7.05 Å². The van der Waals surface area contributed by atoms with Crippen LogP contribution >= 0.6 is 15.9 Å². The highest BCUT2D eigenvalue weighted by Crippen LogP contribution is 2.29. The Kier molecular flexibility index (Phi) is 3.97. The number of nitrogens with one attached hydrogen (secondary N) is 1. The van der Waals surface area contributed by atoms with Crippen molar-refractivity contribution < 1.29 is 0 Å². The Morgan fingerprint density at radius 2 is 2.00 bits per heavy atom. The van der Waals surface area contributed by atoms with Gasteiger partial charge in [0.15, 0.2) is 0 Å². The molecule has 0 unspecified atom stereocenters. The van der Waals surface area contributed by atoms with E-state index in [1.54, 1.807) is 0 Å². The van der Waals surface area contributed by atoms with Gasteiger partial charge in [0.1, 0.15) is 5.69 Å². The molecule has 2 rings (SSSR count). The smallest absolute Gasteiger partial charge is 0.107 e. The molecule has 0 radical (unpaired) electrons. The lowest BCUT2D eigenvalue weighted by Gasteiger charge is -2.01. The number of nitrogens with zero attached hydrogens (tertiary/aromatic N) is 2. The molecule has 1 N–H and O–H groups in total. The summed E-state index contributed by atoms with van der Waals surface area (Å²) < 4.78 is 3.05. The van der Waals surface area contributed by atoms with Crippen LogP contribution in [0.2, 0.25) is 0 Å². The third-order valence-electron chi connectivity index (χ3n) is 2.76. The van der Waals surface area contributed by atoms with E-state index in [0.29, 0.717) is 0 Å². The van der Waals surface area contributed by atoms with Gasteiger partial charge in [-0.25, -0.2) is 0 Å². The van der Waals surface area contributed by atoms with Gasteiger partial charge in [0.25, 0.3) is 0 Å². The fraction of sp³-hybridized carbons (Fsp3) is 0.308. The topological polar surface area (TPSA) is 29.9 Å². The molecule has 1 aromatic carbocycles. The molecule has 2 aromatic rings. The van der Waals surface area contributed by atoms with E-state index in [2.05, 4.69) is 38.5 Å². The fourth-order valence-electron chi connectivity index (χ4n) is 1.83. The van der Waals surface area contributed by atoms with Gasteiger partial charge < -0.3 is 5.32 Å². The summed E-state index contributed by atoms with van der Waals surface area (Å²) in [6, 6.07) is 10.2. The van der Waals surface area contributed by atoms with Gasteiger partial charge in [-0.3, -0.25) is 4.68 Å². The molecule has 4 heteroatoms. The van der Waals surface area contributed by atoms with Crippen LogP contribution in [-0.2, 0) is 13.5 Å². The Morgan fingerprint density at radius 3 is 2.65 bits per heavy atom. The maximum absolute atomic E-state index is 4.58. The largest absolute Gasteiger partial charge is 0.319 e. The quantitative estimate of drug-likeness (QED) is 0.939. The van der Waals surface area contributed by atoms with E-state index in [-0.39, 0.29) is 0 Å². The van der Waals surface area contributed by atoms with Crippen LogP contribution in [0, 0.1) is 0 Å². The van der Waals surface area contributed by atoms with E-state index < -0.39 is 0 Å². The summed E-state index contributed by atoms with van der Waals surface area (Å²) in [5, 5.41) is 7.73. The maximum Gasteiger partial charge on any atom is 0.107 e. The predicted octanol–water partition coefficient (Wildman–Crippen LogP) is 2.61. The molecule has 0 aliphatic heterocycles. The van der Waals surface area contributed by atoms with E-state index in [4.69, 9.17) is 0 Å². The van der Waals surface area contributed by atoms with Crippen molar-refractivity contribution in [1.82, 2.24) is 15.1 Å². The highest BCUT2D eigenvalue weighted by Gasteiger charge is 2.14. The standard InChI is InChI=1S/C13H16BrN3/c1-15-9-8-11-12(14)13(16-17(11)2)10-6-4-3-5-7-10/h3-7,15H,8-9H2,1-2H3. The molecule has 0 aliphatic rings. The Bertz CT molecular complexity index is 491. The summed E-state index contributed by atoms with van der Waals surface area (Å²) in [5.41, 5.74) is 3.38. The molecular formula is C13H16BrN3. The van der Waals surface area contributed by atoms with Crippen LogP contribution in [0.4, 0.5) is 0 Å². The molecule has 17 heavy (non-hydrogen) atoms. The fourth-order valence-corrected chi connectivity index (χ4v) is 2.59. The number of likely N-dealkylation sites (N-methyl/N-ethyl adjacent to an activating group) is 1. The van der Waals surface area contributed by atoms with Gasteiger partial charge in [0, 0.05) is 25.6 Å². The molecule has 1 aromatic heterocycles. The minimum atomic E-state index is 0.951. The lowest BCUT2D eigenvalue weighted by atomic mass is 10.1. The van der Waals surface area contributed by atoms with Crippen molar-refractivity contribution in [3.05, 3.63) is 40.5 Å². The first-order chi connectivity index (χ1) is 8.24. The first-order valence-electron chi connectivity index (χ1n) is 5.65. The van der Waals surface area contributed by atoms with E-state index in [1.165, 1.54) is 5.69 Å². The zero-order valence-electron chi connectivity index (χ0n) is 10.1. The monoisotopic (exact) mass is 293 g/mol. The van der Waals surface area contributed by atoms with E-state index in [1.807, 2.05) is 37.0 Å². The van der Waals surface area contributed by atoms with Crippen molar-refractivity contribution >= 4 is 15.9 Å². The highest BCUT2D eigenvalue weighted by atomic mass is 79.9. The number of aromatic nitrogens is 2. The van der Waals surface area contributed by atoms with Crippen LogP contribution in [-0.4, -0.2) is 23.4 Å². The summed E-state index contributed by atoms with van der Waals surface area (Å²) in [7, 11) is 3.95. The Hall–Kier alpha value is -1.13. The van der Waals surface area contributed by atoms with Gasteiger partial charge >= 0.3 is 0 Å². The van der Waals surface area contributed by atoms with Crippen molar-refractivity contribution in [3.8, 4) is 11.3 Å². The molecule has 0 atom stereocenters. The lowest BCUT2D eigenvalue weighted by molar-refractivity contribution is 0.681. The molecule has 0 saturated carbocycles. The molecular weight excluding hydrogens is 278 g/mol. The normalized spacial score (nSPS) is 10.8. The first-order valence-corrected chi connectivity index (χ1v) is 6.44. The molecule has 1 heterocycles. The minimum Gasteiger partial charge on any atom is -0.319 e. The average molecular weight is 294 g/mol. The van der Waals surface area contributed by atoms with Gasteiger partial charge in [-0.1, -0.05) is 30.3 Å². The second kappa shape index (κ2) is 5.47. The maximum atomic E-state index is 4.58. The molecule has 90 valence electrons. The SMILES string of the molecule is CNCCc1c(Br)c(-c2ccccc2)nn1C. The van der Waals surface area contributed by atoms with Crippen LogP contribution in [0.3, 0.4) is 0 Å². The van der Waals surface area contributed by atoms with Crippen LogP contribution in [0.1, 0.15) is 5.69 Å². The van der Waals surface area contributed by atoms with Crippen molar-refractivity contribution in [1.29, 1.82) is 0 Å². The second-order valence-corrected chi connectivity index (χ2v) is 4.75. The molecule has 0 spiro atoms. The van der Waals surface area contributed by atoms with Crippen LogP contribution in [0.15, 0.2) is 34.8 Å². The minimum absolute atomic E-state index is 0.951. The molecule has 0 aliphatic carbocycles. The number of benzene rings is 1. The van der Waals surface area contributed by atoms with Crippen molar-refractivity contribution in [3.63, 3.8) is 0 Å². The Balaban J connectivity index is 2.37. The molecule has 0 amide bonds. The van der Waals surface area contributed by atoms with Crippen LogP contribution in [0.25, 0.3) is 11.3 Å². The van der Waals surface area contributed by atoms with Gasteiger partial charge in [0.05, 0.1) is 10.2 Å². The number of hydrogen-bond acceptors (Lipinski definition) is 2. The third kappa shape index (κ3) is 2.58. The third-order valence-corrected chi connectivity index (χ3v) is 3.59. The van der Waals surface area contributed by atoms with Crippen LogP contribution < -0.4 is 5.32 Å². The van der Waals surface area contributed by atoms with E-state index >= 15 is 0 Å². The molecule has 3 nitrogen and oxygen atoms in total. The average Bonchev–Trinajstić information content (AvgIpc) is 2.64. The summed E-state index contributed by atoms with van der Waals surface area (Å²) in [6.07, 6.45) is 0.966.